The monoisotopic (exact) mass is 460 g/mol. The molecule has 0 aliphatic heterocycles. The normalized spacial score (nSPS) is 20.7. The molecule has 0 atom stereocenters. The molecular formula is C17H22F6N4O2S. The lowest BCUT2D eigenvalue weighted by atomic mass is 9.82. The van der Waals surface area contributed by atoms with Gasteiger partial charge in [0.2, 0.25) is 10.0 Å². The minimum Gasteiger partial charge on any atom is -0.370 e. The van der Waals surface area contributed by atoms with Gasteiger partial charge in [-0.1, -0.05) is 0 Å². The number of hydrogen-bond acceptors (Lipinski definition) is 3. The molecule has 1 aliphatic rings. The second-order valence-corrected chi connectivity index (χ2v) is 9.01. The Hall–Kier alpha value is -2.02. The summed E-state index contributed by atoms with van der Waals surface area (Å²) in [4.78, 5) is 2.85. The van der Waals surface area contributed by atoms with Crippen molar-refractivity contribution in [1.29, 1.82) is 0 Å². The van der Waals surface area contributed by atoms with Gasteiger partial charge in [0, 0.05) is 13.1 Å². The third-order valence-corrected chi connectivity index (χ3v) is 6.33. The van der Waals surface area contributed by atoms with Crippen molar-refractivity contribution in [2.45, 2.75) is 42.9 Å². The van der Waals surface area contributed by atoms with Gasteiger partial charge in [-0.25, -0.2) is 13.1 Å². The molecule has 0 saturated heterocycles. The molecule has 0 aromatic heterocycles. The fourth-order valence-electron chi connectivity index (χ4n) is 3.25. The molecule has 1 aromatic carbocycles. The zero-order valence-electron chi connectivity index (χ0n) is 15.7. The molecule has 1 aliphatic carbocycles. The lowest BCUT2D eigenvalue weighted by Gasteiger charge is -2.27. The van der Waals surface area contributed by atoms with Gasteiger partial charge in [0.05, 0.1) is 16.0 Å². The van der Waals surface area contributed by atoms with Crippen molar-refractivity contribution in [1.82, 2.24) is 4.72 Å². The van der Waals surface area contributed by atoms with E-state index in [9.17, 15) is 34.8 Å². The van der Waals surface area contributed by atoms with Crippen LogP contribution in [0.25, 0.3) is 0 Å². The fraction of sp³-hybridized carbons (Fsp3) is 0.588. The van der Waals surface area contributed by atoms with E-state index in [0.29, 0.717) is 19.4 Å². The predicted molar refractivity (Wildman–Crippen MR) is 97.8 cm³/mol. The second-order valence-electron chi connectivity index (χ2n) is 7.25. The number of benzene rings is 1. The molecule has 2 rings (SSSR count). The molecule has 0 heterocycles. The van der Waals surface area contributed by atoms with Gasteiger partial charge >= 0.3 is 12.4 Å². The van der Waals surface area contributed by atoms with E-state index in [-0.39, 0.29) is 42.5 Å². The summed E-state index contributed by atoms with van der Waals surface area (Å²) in [5, 5.41) is 0. The molecule has 1 aromatic rings. The highest BCUT2D eigenvalue weighted by atomic mass is 32.2. The summed E-state index contributed by atoms with van der Waals surface area (Å²) in [5.74, 6) is 0.116. The van der Waals surface area contributed by atoms with E-state index < -0.39 is 38.4 Å². The van der Waals surface area contributed by atoms with Crippen LogP contribution in [0.2, 0.25) is 0 Å². The molecule has 30 heavy (non-hydrogen) atoms. The highest BCUT2D eigenvalue weighted by Gasteiger charge is 2.38. The van der Waals surface area contributed by atoms with Gasteiger partial charge in [-0.2, -0.15) is 26.3 Å². The molecule has 0 radical (unpaired) electrons. The van der Waals surface area contributed by atoms with E-state index >= 15 is 0 Å². The largest absolute Gasteiger partial charge is 0.416 e. The number of nitrogens with two attached hydrogens (primary N) is 2. The molecule has 6 nitrogen and oxygen atoms in total. The van der Waals surface area contributed by atoms with Crippen molar-refractivity contribution in [2.75, 3.05) is 13.1 Å². The number of sulfonamides is 1. The van der Waals surface area contributed by atoms with E-state index in [0.717, 1.165) is 12.8 Å². The van der Waals surface area contributed by atoms with Gasteiger partial charge in [0.1, 0.15) is 0 Å². The maximum absolute atomic E-state index is 12.9. The first-order valence-corrected chi connectivity index (χ1v) is 10.5. The van der Waals surface area contributed by atoms with Crippen LogP contribution in [-0.4, -0.2) is 27.5 Å². The van der Waals surface area contributed by atoms with E-state index in [1.54, 1.807) is 0 Å². The number of halogens is 6. The second kappa shape index (κ2) is 9.00. The Morgan fingerprint density at radius 3 is 1.83 bits per heavy atom. The van der Waals surface area contributed by atoms with Crippen LogP contribution in [0.3, 0.4) is 0 Å². The van der Waals surface area contributed by atoms with E-state index in [1.807, 2.05) is 0 Å². The summed E-state index contributed by atoms with van der Waals surface area (Å²) in [7, 11) is -4.57. The summed E-state index contributed by atoms with van der Waals surface area (Å²) in [6.45, 7) is 0.361. The van der Waals surface area contributed by atoms with Gasteiger partial charge in [-0.05, 0) is 55.7 Å². The molecule has 0 unspecified atom stereocenters. The van der Waals surface area contributed by atoms with Crippen molar-refractivity contribution in [3.8, 4) is 0 Å². The number of nitrogens with one attached hydrogen (secondary N) is 1. The summed E-state index contributed by atoms with van der Waals surface area (Å²) < 4.78 is 105. The number of alkyl halides is 6. The lowest BCUT2D eigenvalue weighted by molar-refractivity contribution is -0.143. The third kappa shape index (κ3) is 6.76. The summed E-state index contributed by atoms with van der Waals surface area (Å²) in [6, 6.07) is 0.282. The third-order valence-electron chi connectivity index (χ3n) is 4.93. The highest BCUT2D eigenvalue weighted by molar-refractivity contribution is 7.89. The van der Waals surface area contributed by atoms with Crippen molar-refractivity contribution < 1.29 is 34.8 Å². The molecule has 0 amide bonds. The smallest absolute Gasteiger partial charge is 0.370 e. The number of aliphatic imine (C=N–C) groups is 1. The highest BCUT2D eigenvalue weighted by Crippen LogP contribution is 2.37. The average Bonchev–Trinajstić information content (AvgIpc) is 2.64. The minimum atomic E-state index is -5.13. The molecule has 170 valence electrons. The van der Waals surface area contributed by atoms with Crippen LogP contribution in [0, 0.1) is 11.8 Å². The Kier molecular flexibility index (Phi) is 7.28. The fourth-order valence-corrected chi connectivity index (χ4v) is 4.43. The van der Waals surface area contributed by atoms with Crippen molar-refractivity contribution >= 4 is 16.0 Å². The van der Waals surface area contributed by atoms with Crippen LogP contribution in [0.1, 0.15) is 36.8 Å². The average molecular weight is 460 g/mol. The number of hydrogen-bond donors (Lipinski definition) is 3. The number of rotatable bonds is 6. The molecule has 1 saturated carbocycles. The van der Waals surface area contributed by atoms with Gasteiger partial charge in [0.15, 0.2) is 5.96 Å². The molecule has 5 N–H and O–H groups in total. The summed E-state index contributed by atoms with van der Waals surface area (Å²) in [5.41, 5.74) is 7.18. The van der Waals surface area contributed by atoms with Gasteiger partial charge in [-0.3, -0.25) is 4.99 Å². The Morgan fingerprint density at radius 2 is 1.40 bits per heavy atom. The van der Waals surface area contributed by atoms with Crippen molar-refractivity contribution in [3.05, 3.63) is 29.3 Å². The van der Waals surface area contributed by atoms with Crippen LogP contribution < -0.4 is 16.2 Å². The van der Waals surface area contributed by atoms with Gasteiger partial charge in [0.25, 0.3) is 0 Å². The predicted octanol–water partition coefficient (Wildman–Crippen LogP) is 3.08. The standard InChI is InChI=1S/C17H22F6N4O2S/c18-16(19,20)12-5-13(17(21,22)23)7-14(6-12)30(28,29)27-9-11-3-1-10(2-4-11)8-26-15(24)25/h5-7,10-11,27H,1-4,8-9H2,(H4,24,25,26). The molecule has 13 heteroatoms. The Bertz CT molecular complexity index is 839. The van der Waals surface area contributed by atoms with E-state index in [2.05, 4.69) is 9.71 Å². The zero-order chi connectivity index (χ0) is 22.7. The maximum atomic E-state index is 12.9. The number of guanidine groups is 1. The SMILES string of the molecule is NC(N)=NCC1CCC(CNS(=O)(=O)c2cc(C(F)(F)F)cc(C(F)(F)F)c2)CC1. The van der Waals surface area contributed by atoms with Crippen molar-refractivity contribution in [2.24, 2.45) is 28.3 Å². The summed E-state index contributed by atoms with van der Waals surface area (Å²) in [6.07, 6.45) is -7.54. The Morgan fingerprint density at radius 1 is 0.933 bits per heavy atom. The lowest BCUT2D eigenvalue weighted by Crippen LogP contribution is -2.32. The molecule has 0 spiro atoms. The van der Waals surface area contributed by atoms with Crippen LogP contribution >= 0.6 is 0 Å². The Balaban J connectivity index is 2.10. The number of nitrogens with zero attached hydrogens (tertiary/aromatic N) is 1. The maximum Gasteiger partial charge on any atom is 0.416 e. The van der Waals surface area contributed by atoms with E-state index in [1.165, 1.54) is 0 Å². The molecular weight excluding hydrogens is 438 g/mol. The van der Waals surface area contributed by atoms with Crippen molar-refractivity contribution in [3.63, 3.8) is 0 Å². The topological polar surface area (TPSA) is 111 Å². The van der Waals surface area contributed by atoms with Crippen LogP contribution in [0.4, 0.5) is 26.3 Å². The first-order chi connectivity index (χ1) is 13.7. The van der Waals surface area contributed by atoms with Gasteiger partial charge in [-0.15, -0.1) is 0 Å². The Labute approximate surface area is 169 Å². The molecule has 1 fully saturated rings. The first-order valence-electron chi connectivity index (χ1n) is 9.03. The minimum absolute atomic E-state index is 0.0239. The van der Waals surface area contributed by atoms with Crippen LogP contribution in [0.15, 0.2) is 28.1 Å². The van der Waals surface area contributed by atoms with Gasteiger partial charge < -0.3 is 11.5 Å². The first kappa shape index (κ1) is 24.3. The van der Waals surface area contributed by atoms with Crippen LogP contribution in [0.5, 0.6) is 0 Å². The molecule has 0 bridgehead atoms. The van der Waals surface area contributed by atoms with Crippen LogP contribution in [-0.2, 0) is 22.4 Å². The van der Waals surface area contributed by atoms with E-state index in [4.69, 9.17) is 11.5 Å². The quantitative estimate of drug-likeness (QED) is 0.344. The zero-order valence-corrected chi connectivity index (χ0v) is 16.5. The summed E-state index contributed by atoms with van der Waals surface area (Å²) >= 11 is 0.